The van der Waals surface area contributed by atoms with Crippen molar-refractivity contribution in [3.05, 3.63) is 82.4 Å². The van der Waals surface area contributed by atoms with Crippen molar-refractivity contribution in [1.82, 2.24) is 10.3 Å². The number of alkyl halides is 3. The summed E-state index contributed by atoms with van der Waals surface area (Å²) in [7, 11) is 0. The van der Waals surface area contributed by atoms with Gasteiger partial charge in [0.15, 0.2) is 5.84 Å². The van der Waals surface area contributed by atoms with Gasteiger partial charge in [0, 0.05) is 31.1 Å². The quantitative estimate of drug-likeness (QED) is 0.180. The standard InChI is InChI=1S/C29H32F3N7/c1-17(2)11-18-7-8-19(12-25(18)29(30,31)32)26-13-35-28(36-26)24-10-9-20(22-5-3-4-6-23(22)24)14-39-15-21(16-39)27(37-33)38-34/h3-10,12,17,21H,11,13-16,33-34H2,1-2H3,(H,37,38). The molecule has 204 valence electrons. The van der Waals surface area contributed by atoms with E-state index in [-0.39, 0.29) is 18.4 Å². The van der Waals surface area contributed by atoms with Crippen molar-refractivity contribution in [3.63, 3.8) is 0 Å². The zero-order chi connectivity index (χ0) is 27.7. The molecule has 2 heterocycles. The van der Waals surface area contributed by atoms with Crippen LogP contribution in [0.5, 0.6) is 0 Å². The lowest BCUT2D eigenvalue weighted by molar-refractivity contribution is -0.138. The first-order chi connectivity index (χ1) is 18.7. The van der Waals surface area contributed by atoms with E-state index in [9.17, 15) is 13.2 Å². The molecule has 7 nitrogen and oxygen atoms in total. The van der Waals surface area contributed by atoms with Crippen molar-refractivity contribution in [1.29, 1.82) is 0 Å². The number of hydrogen-bond acceptors (Lipinski definition) is 6. The maximum absolute atomic E-state index is 13.8. The number of nitrogens with one attached hydrogen (secondary N) is 1. The molecule has 3 aromatic rings. The molecule has 3 aromatic carbocycles. The second kappa shape index (κ2) is 10.8. The molecule has 0 unspecified atom stereocenters. The summed E-state index contributed by atoms with van der Waals surface area (Å²) in [6.45, 7) is 6.41. The van der Waals surface area contributed by atoms with Crippen LogP contribution in [0.2, 0.25) is 0 Å². The summed E-state index contributed by atoms with van der Waals surface area (Å²) in [6.07, 6.45) is -4.06. The number of nitrogens with two attached hydrogens (primary N) is 2. The molecule has 10 heteroatoms. The Morgan fingerprint density at radius 3 is 2.46 bits per heavy atom. The number of rotatable bonds is 7. The lowest BCUT2D eigenvalue weighted by Gasteiger charge is -2.39. The van der Waals surface area contributed by atoms with Gasteiger partial charge in [-0.1, -0.05) is 62.4 Å². The molecule has 0 bridgehead atoms. The Morgan fingerprint density at radius 1 is 1.08 bits per heavy atom. The summed E-state index contributed by atoms with van der Waals surface area (Å²) in [5.41, 5.74) is 5.29. The molecule has 0 spiro atoms. The number of nitrogens with zero attached hydrogens (tertiary/aromatic N) is 4. The fourth-order valence-electron chi connectivity index (χ4n) is 5.35. The molecule has 5 N–H and O–H groups in total. The van der Waals surface area contributed by atoms with E-state index in [1.165, 1.54) is 6.07 Å². The van der Waals surface area contributed by atoms with E-state index in [4.69, 9.17) is 16.7 Å². The van der Waals surface area contributed by atoms with Crippen molar-refractivity contribution in [2.45, 2.75) is 33.0 Å². The third-order valence-electron chi connectivity index (χ3n) is 7.28. The number of hydrazone groups is 1. The molecule has 1 saturated heterocycles. The monoisotopic (exact) mass is 535 g/mol. The van der Waals surface area contributed by atoms with Crippen molar-refractivity contribution in [2.24, 2.45) is 38.6 Å². The second-order valence-corrected chi connectivity index (χ2v) is 10.5. The van der Waals surface area contributed by atoms with Crippen LogP contribution in [0.15, 0.2) is 69.7 Å². The zero-order valence-corrected chi connectivity index (χ0v) is 22.0. The number of hydrazine groups is 1. The summed E-state index contributed by atoms with van der Waals surface area (Å²) in [5.74, 6) is 12.3. The number of aliphatic imine (C=N–C) groups is 2. The Kier molecular flexibility index (Phi) is 7.42. The fraction of sp³-hybridized carbons (Fsp3) is 0.345. The van der Waals surface area contributed by atoms with Crippen molar-refractivity contribution < 1.29 is 13.2 Å². The number of hydrogen-bond donors (Lipinski definition) is 3. The molecule has 0 amide bonds. The van der Waals surface area contributed by atoms with E-state index in [2.05, 4.69) is 32.6 Å². The highest BCUT2D eigenvalue weighted by atomic mass is 19.4. The number of halogens is 3. The maximum atomic E-state index is 13.8. The van der Waals surface area contributed by atoms with Crippen LogP contribution in [0.1, 0.15) is 41.7 Å². The first-order valence-electron chi connectivity index (χ1n) is 13.0. The Balaban J connectivity index is 1.40. The molecular weight excluding hydrogens is 503 g/mol. The molecule has 5 rings (SSSR count). The van der Waals surface area contributed by atoms with Crippen molar-refractivity contribution in [2.75, 3.05) is 19.6 Å². The van der Waals surface area contributed by atoms with Crippen LogP contribution in [0.4, 0.5) is 13.2 Å². The molecule has 2 aliphatic heterocycles. The van der Waals surface area contributed by atoms with Crippen LogP contribution in [0.25, 0.3) is 10.8 Å². The predicted molar refractivity (Wildman–Crippen MR) is 150 cm³/mol. The lowest BCUT2D eigenvalue weighted by atomic mass is 9.94. The van der Waals surface area contributed by atoms with E-state index < -0.39 is 11.7 Å². The summed E-state index contributed by atoms with van der Waals surface area (Å²) < 4.78 is 41.5. The summed E-state index contributed by atoms with van der Waals surface area (Å²) in [6, 6.07) is 16.7. The van der Waals surface area contributed by atoms with Gasteiger partial charge in [0.25, 0.3) is 0 Å². The topological polar surface area (TPSA) is 104 Å². The molecular formula is C29H32F3N7. The number of likely N-dealkylation sites (tertiary alicyclic amines) is 1. The van der Waals surface area contributed by atoms with Gasteiger partial charge < -0.3 is 11.3 Å². The average molecular weight is 536 g/mol. The third-order valence-corrected chi connectivity index (χ3v) is 7.28. The van der Waals surface area contributed by atoms with Gasteiger partial charge in [0.05, 0.1) is 17.8 Å². The average Bonchev–Trinajstić information content (AvgIpc) is 3.37. The number of amidine groups is 2. The minimum Gasteiger partial charge on any atom is -0.322 e. The van der Waals surface area contributed by atoms with Crippen LogP contribution in [0.3, 0.4) is 0 Å². The first-order valence-corrected chi connectivity index (χ1v) is 13.0. The van der Waals surface area contributed by atoms with Gasteiger partial charge in [0.1, 0.15) is 5.84 Å². The van der Waals surface area contributed by atoms with Crippen LogP contribution < -0.4 is 17.1 Å². The summed E-state index contributed by atoms with van der Waals surface area (Å²) >= 11 is 0. The maximum Gasteiger partial charge on any atom is 0.416 e. The Morgan fingerprint density at radius 2 is 1.79 bits per heavy atom. The van der Waals surface area contributed by atoms with Gasteiger partial charge in [-0.05, 0) is 45.9 Å². The van der Waals surface area contributed by atoms with E-state index in [1.807, 2.05) is 38.1 Å². The molecule has 0 aliphatic carbocycles. The van der Waals surface area contributed by atoms with Gasteiger partial charge in [-0.15, -0.1) is 0 Å². The van der Waals surface area contributed by atoms with Gasteiger partial charge >= 0.3 is 6.18 Å². The molecule has 0 atom stereocenters. The SMILES string of the molecule is CC(C)Cc1ccc(C2=NC(c3ccc(CN4CC(/C(=N/N)NN)C4)c4ccccc34)=NC2)cc1C(F)(F)F. The van der Waals surface area contributed by atoms with Crippen LogP contribution in [-0.4, -0.2) is 41.9 Å². The van der Waals surface area contributed by atoms with Gasteiger partial charge in [-0.2, -0.15) is 18.3 Å². The molecule has 0 aromatic heterocycles. The van der Waals surface area contributed by atoms with E-state index in [1.54, 1.807) is 12.1 Å². The van der Waals surface area contributed by atoms with Crippen LogP contribution >= 0.6 is 0 Å². The van der Waals surface area contributed by atoms with Crippen LogP contribution in [0, 0.1) is 11.8 Å². The minimum absolute atomic E-state index is 0.120. The molecule has 39 heavy (non-hydrogen) atoms. The highest BCUT2D eigenvalue weighted by Crippen LogP contribution is 2.34. The lowest BCUT2D eigenvalue weighted by Crippen LogP contribution is -2.54. The largest absolute Gasteiger partial charge is 0.416 e. The van der Waals surface area contributed by atoms with E-state index >= 15 is 0 Å². The summed E-state index contributed by atoms with van der Waals surface area (Å²) in [4.78, 5) is 11.6. The molecule has 1 fully saturated rings. The van der Waals surface area contributed by atoms with Crippen LogP contribution in [-0.2, 0) is 19.1 Å². The Labute approximate surface area is 225 Å². The fourth-order valence-corrected chi connectivity index (χ4v) is 5.35. The smallest absolute Gasteiger partial charge is 0.322 e. The third kappa shape index (κ3) is 5.53. The van der Waals surface area contributed by atoms with Crippen molar-refractivity contribution >= 4 is 28.2 Å². The predicted octanol–water partition coefficient (Wildman–Crippen LogP) is 4.47. The zero-order valence-electron chi connectivity index (χ0n) is 22.0. The van der Waals surface area contributed by atoms with Gasteiger partial charge in [-0.3, -0.25) is 9.89 Å². The molecule has 0 radical (unpaired) electrons. The Hall–Kier alpha value is -3.76. The van der Waals surface area contributed by atoms with Gasteiger partial charge in [-0.25, -0.2) is 10.8 Å². The summed E-state index contributed by atoms with van der Waals surface area (Å²) in [5, 5.41) is 5.80. The highest BCUT2D eigenvalue weighted by Gasteiger charge is 2.34. The number of benzene rings is 3. The number of fused-ring (bicyclic) bond motifs is 1. The minimum atomic E-state index is -4.43. The molecule has 0 saturated carbocycles. The van der Waals surface area contributed by atoms with E-state index in [0.29, 0.717) is 34.9 Å². The first kappa shape index (κ1) is 26.8. The van der Waals surface area contributed by atoms with E-state index in [0.717, 1.165) is 41.5 Å². The second-order valence-electron chi connectivity index (χ2n) is 10.5. The Bertz CT molecular complexity index is 1470. The van der Waals surface area contributed by atoms with Crippen molar-refractivity contribution in [3.8, 4) is 0 Å². The molecule has 2 aliphatic rings. The normalized spacial score (nSPS) is 16.9. The highest BCUT2D eigenvalue weighted by molar-refractivity contribution is 6.21. The van der Waals surface area contributed by atoms with Gasteiger partial charge in [0.2, 0.25) is 0 Å².